The number of halogens is 1. The largest absolute Gasteiger partial charge is 0.791 e. The highest BCUT2D eigenvalue weighted by Gasteiger charge is 2.10. The summed E-state index contributed by atoms with van der Waals surface area (Å²) in [7, 11) is 2.29. The van der Waals surface area contributed by atoms with Crippen molar-refractivity contribution in [2.24, 2.45) is 0 Å². The summed E-state index contributed by atoms with van der Waals surface area (Å²) >= 11 is 1.69. The van der Waals surface area contributed by atoms with Crippen LogP contribution >= 0.6 is 16.3 Å². The van der Waals surface area contributed by atoms with E-state index >= 15 is 0 Å². The van der Waals surface area contributed by atoms with Crippen LogP contribution in [0.15, 0.2) is 0 Å². The van der Waals surface area contributed by atoms with Gasteiger partial charge in [0.25, 0.3) is 0 Å². The lowest BCUT2D eigenvalue weighted by molar-refractivity contribution is -0.904. The molecular formula is C7H18BrNO. The first-order valence-corrected chi connectivity index (χ1v) is 4.32. The first kappa shape index (κ1) is 13.0. The molecule has 2 nitrogen and oxygen atoms in total. The van der Waals surface area contributed by atoms with Crippen LogP contribution in [0.2, 0.25) is 0 Å². The molecule has 0 spiro atoms. The second kappa shape index (κ2) is 7.51. The van der Waals surface area contributed by atoms with Gasteiger partial charge in [-0.2, -0.15) is 0 Å². The van der Waals surface area contributed by atoms with Gasteiger partial charge in [-0.1, -0.05) is 0 Å². The minimum Gasteiger partial charge on any atom is -0.791 e. The molecule has 0 saturated heterocycles. The second-order valence-corrected chi connectivity index (χ2v) is 2.57. The fourth-order valence-electron chi connectivity index (χ4n) is 0.671. The molecule has 0 aliphatic rings. The molecule has 0 amide bonds. The van der Waals surface area contributed by atoms with E-state index in [1.165, 1.54) is 24.1 Å². The zero-order valence-electron chi connectivity index (χ0n) is 7.35. The number of nitrogens with zero attached hydrogens (tertiary/aromatic N) is 1. The quantitative estimate of drug-likeness (QED) is 0.643. The van der Waals surface area contributed by atoms with Gasteiger partial charge in [0.05, 0.1) is 26.7 Å². The van der Waals surface area contributed by atoms with Gasteiger partial charge < -0.3 is 8.68 Å². The third kappa shape index (κ3) is 5.21. The second-order valence-electron chi connectivity index (χ2n) is 2.57. The van der Waals surface area contributed by atoms with Gasteiger partial charge in [0.15, 0.2) is 0 Å². The summed E-state index contributed by atoms with van der Waals surface area (Å²) in [5, 5.41) is 0. The fourth-order valence-corrected chi connectivity index (χ4v) is 0.671. The lowest BCUT2D eigenvalue weighted by atomic mass is 10.4. The molecule has 0 N–H and O–H groups in total. The first-order chi connectivity index (χ1) is 4.68. The fraction of sp³-hybridized carbons (Fsp3) is 1.00. The molecule has 0 aliphatic carbocycles. The number of hydrogen-bond donors (Lipinski definition) is 0. The number of quaternary nitrogens is 1. The van der Waals surface area contributed by atoms with Crippen molar-refractivity contribution in [3.8, 4) is 0 Å². The Labute approximate surface area is 72.9 Å². The van der Waals surface area contributed by atoms with Crippen LogP contribution in [0.3, 0.4) is 0 Å². The predicted octanol–water partition coefficient (Wildman–Crippen LogP) is 1.15. The van der Waals surface area contributed by atoms with Gasteiger partial charge in [-0.25, -0.2) is 16.3 Å². The highest BCUT2D eigenvalue weighted by Crippen LogP contribution is 1.97. The Morgan fingerprint density at radius 2 is 1.20 bits per heavy atom. The average molecular weight is 212 g/mol. The van der Waals surface area contributed by atoms with Gasteiger partial charge in [0, 0.05) is 0 Å². The molecule has 0 aliphatic heterocycles. The van der Waals surface area contributed by atoms with Crippen LogP contribution < -0.4 is 4.20 Å². The Hall–Kier alpha value is 0.400. The SMILES string of the molecule is CC[N+](C)(CC)CC.[O-]Br. The molecule has 0 fully saturated rings. The molecular weight excluding hydrogens is 194 g/mol. The van der Waals surface area contributed by atoms with Crippen LogP contribution in [0.25, 0.3) is 0 Å². The molecule has 0 heterocycles. The summed E-state index contributed by atoms with van der Waals surface area (Å²) in [5.74, 6) is 0. The lowest BCUT2D eigenvalue weighted by Crippen LogP contribution is -2.42. The molecule has 3 heteroatoms. The highest BCUT2D eigenvalue weighted by atomic mass is 79.9. The van der Waals surface area contributed by atoms with Gasteiger partial charge in [0.1, 0.15) is 0 Å². The Morgan fingerprint density at radius 1 is 1.00 bits per heavy atom. The van der Waals surface area contributed by atoms with Crippen molar-refractivity contribution in [3.05, 3.63) is 0 Å². The summed E-state index contributed by atoms with van der Waals surface area (Å²) in [6.07, 6.45) is 0. The molecule has 0 aromatic heterocycles. The summed E-state index contributed by atoms with van der Waals surface area (Å²) in [6, 6.07) is 0. The molecule has 10 heavy (non-hydrogen) atoms. The van der Waals surface area contributed by atoms with Crippen LogP contribution in [-0.2, 0) is 0 Å². The first-order valence-electron chi connectivity index (χ1n) is 3.67. The van der Waals surface area contributed by atoms with Gasteiger partial charge in [0.2, 0.25) is 0 Å². The highest BCUT2D eigenvalue weighted by molar-refractivity contribution is 9.04. The summed E-state index contributed by atoms with van der Waals surface area (Å²) < 4.78 is 9.27. The van der Waals surface area contributed by atoms with E-state index in [0.29, 0.717) is 0 Å². The molecule has 0 bridgehead atoms. The minimum absolute atomic E-state index is 1.21. The Kier molecular flexibility index (Phi) is 9.78. The van der Waals surface area contributed by atoms with Gasteiger partial charge in [-0.3, -0.25) is 0 Å². The topological polar surface area (TPSA) is 23.1 Å². The normalized spacial score (nSPS) is 10.2. The lowest BCUT2D eigenvalue weighted by Gasteiger charge is -2.30. The zero-order chi connectivity index (χ0) is 8.62. The maximum absolute atomic E-state index is 8.06. The van der Waals surface area contributed by atoms with E-state index in [1.54, 1.807) is 16.3 Å². The van der Waals surface area contributed by atoms with Crippen LogP contribution in [0.4, 0.5) is 0 Å². The zero-order valence-corrected chi connectivity index (χ0v) is 8.94. The average Bonchev–Trinajstić information content (AvgIpc) is 2.07. The summed E-state index contributed by atoms with van der Waals surface area (Å²) in [5.41, 5.74) is 0. The van der Waals surface area contributed by atoms with E-state index in [0.717, 1.165) is 0 Å². The number of rotatable bonds is 3. The van der Waals surface area contributed by atoms with Crippen molar-refractivity contribution in [1.29, 1.82) is 0 Å². The van der Waals surface area contributed by atoms with Gasteiger partial charge in [-0.15, -0.1) is 0 Å². The van der Waals surface area contributed by atoms with Crippen molar-refractivity contribution in [2.75, 3.05) is 26.7 Å². The summed E-state index contributed by atoms with van der Waals surface area (Å²) in [6.45, 7) is 10.5. The van der Waals surface area contributed by atoms with Crippen LogP contribution in [0, 0.1) is 0 Å². The van der Waals surface area contributed by atoms with E-state index < -0.39 is 0 Å². The standard InChI is InChI=1S/C7H18N.BrO/c1-5-8(4,6-2)7-3;1-2/h5-7H2,1-4H3;/q+1;-1. The molecule has 0 atom stereocenters. The smallest absolute Gasteiger partial charge is 0.0755 e. The van der Waals surface area contributed by atoms with Crippen molar-refractivity contribution < 1.29 is 8.68 Å². The van der Waals surface area contributed by atoms with E-state index in [4.69, 9.17) is 4.20 Å². The van der Waals surface area contributed by atoms with Crippen molar-refractivity contribution in [2.45, 2.75) is 20.8 Å². The van der Waals surface area contributed by atoms with Crippen molar-refractivity contribution >= 4 is 16.3 Å². The maximum atomic E-state index is 8.06. The van der Waals surface area contributed by atoms with Gasteiger partial charge in [-0.05, 0) is 20.8 Å². The van der Waals surface area contributed by atoms with Crippen LogP contribution in [0.5, 0.6) is 0 Å². The molecule has 0 radical (unpaired) electrons. The number of hydrogen-bond acceptors (Lipinski definition) is 1. The molecule has 0 rings (SSSR count). The Morgan fingerprint density at radius 3 is 1.20 bits per heavy atom. The Balaban J connectivity index is 0. The molecule has 0 saturated carbocycles. The van der Waals surface area contributed by atoms with Crippen molar-refractivity contribution in [3.63, 3.8) is 0 Å². The summed E-state index contributed by atoms with van der Waals surface area (Å²) in [4.78, 5) is 0. The van der Waals surface area contributed by atoms with E-state index in [1.807, 2.05) is 0 Å². The van der Waals surface area contributed by atoms with Gasteiger partial charge >= 0.3 is 0 Å². The predicted molar refractivity (Wildman–Crippen MR) is 46.7 cm³/mol. The third-order valence-corrected chi connectivity index (χ3v) is 2.29. The Bertz CT molecular complexity index is 56.4. The van der Waals surface area contributed by atoms with Crippen LogP contribution in [-0.4, -0.2) is 31.2 Å². The molecule has 0 aromatic rings. The maximum Gasteiger partial charge on any atom is 0.0755 e. The molecule has 0 unspecified atom stereocenters. The van der Waals surface area contributed by atoms with Crippen molar-refractivity contribution in [1.82, 2.24) is 0 Å². The van der Waals surface area contributed by atoms with Crippen LogP contribution in [0.1, 0.15) is 20.8 Å². The van der Waals surface area contributed by atoms with E-state index in [-0.39, 0.29) is 0 Å². The molecule has 64 valence electrons. The molecule has 0 aromatic carbocycles. The minimum atomic E-state index is 1.21. The van der Waals surface area contributed by atoms with E-state index in [9.17, 15) is 0 Å². The van der Waals surface area contributed by atoms with E-state index in [2.05, 4.69) is 27.8 Å². The monoisotopic (exact) mass is 211 g/mol. The third-order valence-electron chi connectivity index (χ3n) is 2.29.